The largest absolute Gasteiger partial charge is 0.477 e. The van der Waals surface area contributed by atoms with Gasteiger partial charge in [-0.15, -0.1) is 0 Å². The molecule has 0 spiro atoms. The topological polar surface area (TPSA) is 93.5 Å². The summed E-state index contributed by atoms with van der Waals surface area (Å²) in [7, 11) is 1.93. The monoisotopic (exact) mass is 391 g/mol. The molecule has 4 aromatic rings. The van der Waals surface area contributed by atoms with Crippen LogP contribution >= 0.6 is 0 Å². The van der Waals surface area contributed by atoms with E-state index in [1.807, 2.05) is 43.2 Å². The number of ether oxygens (including phenoxy) is 1. The molecule has 0 saturated heterocycles. The Kier molecular flexibility index (Phi) is 5.16. The number of nitrogens with zero attached hydrogens (tertiary/aromatic N) is 5. The zero-order valence-electron chi connectivity index (χ0n) is 17.1. The maximum absolute atomic E-state index is 5.73. The minimum atomic E-state index is 0.276. The lowest BCUT2D eigenvalue weighted by atomic mass is 10.0. The van der Waals surface area contributed by atoms with E-state index in [1.165, 1.54) is 0 Å². The number of hydrogen-bond acceptors (Lipinski definition) is 6. The molecule has 4 heterocycles. The molecular formula is C21H25N7O. The fourth-order valence-electron chi connectivity index (χ4n) is 3.37. The summed E-state index contributed by atoms with van der Waals surface area (Å²) in [5.74, 6) is 0.854. The van der Waals surface area contributed by atoms with Crippen molar-refractivity contribution in [2.75, 3.05) is 11.9 Å². The van der Waals surface area contributed by atoms with Gasteiger partial charge in [-0.3, -0.25) is 9.78 Å². The highest BCUT2D eigenvalue weighted by atomic mass is 16.5. The molecule has 0 aliphatic carbocycles. The van der Waals surface area contributed by atoms with Crippen LogP contribution in [-0.2, 0) is 13.6 Å². The Bertz CT molecular complexity index is 1120. The molecule has 4 rings (SSSR count). The normalized spacial score (nSPS) is 11.3. The fraction of sp³-hybridized carbons (Fsp3) is 0.333. The molecule has 0 bridgehead atoms. The Balaban J connectivity index is 1.88. The second kappa shape index (κ2) is 7.90. The summed E-state index contributed by atoms with van der Waals surface area (Å²) in [5, 5.41) is 16.2. The van der Waals surface area contributed by atoms with Gasteiger partial charge in [0, 0.05) is 37.2 Å². The van der Waals surface area contributed by atoms with Crippen molar-refractivity contribution < 1.29 is 4.74 Å². The van der Waals surface area contributed by atoms with E-state index < -0.39 is 0 Å². The molecule has 8 nitrogen and oxygen atoms in total. The molecule has 0 amide bonds. The van der Waals surface area contributed by atoms with Crippen LogP contribution in [0.2, 0.25) is 0 Å². The first-order valence-corrected chi connectivity index (χ1v) is 9.75. The van der Waals surface area contributed by atoms with Gasteiger partial charge in [0.25, 0.3) is 0 Å². The molecule has 0 atom stereocenters. The van der Waals surface area contributed by atoms with Crippen molar-refractivity contribution in [2.45, 2.75) is 33.2 Å². The molecule has 0 unspecified atom stereocenters. The van der Waals surface area contributed by atoms with Gasteiger partial charge in [-0.2, -0.15) is 10.2 Å². The van der Waals surface area contributed by atoms with Crippen molar-refractivity contribution in [3.8, 4) is 17.1 Å². The molecule has 0 saturated carbocycles. The summed E-state index contributed by atoms with van der Waals surface area (Å²) in [6.45, 7) is 7.42. The number of hydrogen-bond donors (Lipinski definition) is 2. The molecule has 29 heavy (non-hydrogen) atoms. The molecular weight excluding hydrogens is 366 g/mol. The zero-order valence-corrected chi connectivity index (χ0v) is 17.1. The van der Waals surface area contributed by atoms with Crippen LogP contribution in [0.25, 0.3) is 22.3 Å². The Morgan fingerprint density at radius 2 is 2.17 bits per heavy atom. The standard InChI is InChI=1S/C21H25N7O/c1-5-29-21-15(7-6-8-22-21)16-9-17(23-10-14-11-24-25-12-14)18-19(13(2)3)27-28(4)20(18)26-16/h6-9,11-13H,5,10H2,1-4H3,(H,23,26)(H,24,25). The van der Waals surface area contributed by atoms with Gasteiger partial charge >= 0.3 is 0 Å². The number of rotatable bonds is 7. The van der Waals surface area contributed by atoms with Gasteiger partial charge in [-0.05, 0) is 31.0 Å². The molecule has 2 N–H and O–H groups in total. The molecule has 4 aromatic heterocycles. The lowest BCUT2D eigenvalue weighted by Crippen LogP contribution is -2.03. The first kappa shape index (κ1) is 18.9. The van der Waals surface area contributed by atoms with E-state index in [2.05, 4.69) is 40.4 Å². The van der Waals surface area contributed by atoms with E-state index in [1.54, 1.807) is 6.20 Å². The Hall–Kier alpha value is -3.42. The molecule has 8 heteroatoms. The maximum atomic E-state index is 5.73. The molecule has 150 valence electrons. The van der Waals surface area contributed by atoms with Crippen LogP contribution in [0.4, 0.5) is 5.69 Å². The minimum Gasteiger partial charge on any atom is -0.477 e. The summed E-state index contributed by atoms with van der Waals surface area (Å²) in [4.78, 5) is 9.30. The SMILES string of the molecule is CCOc1ncccc1-c1cc(NCc2cn[nH]c2)c2c(C(C)C)nn(C)c2n1. The van der Waals surface area contributed by atoms with Gasteiger partial charge in [-0.25, -0.2) is 9.97 Å². The second-order valence-corrected chi connectivity index (χ2v) is 7.17. The number of nitrogens with one attached hydrogen (secondary N) is 2. The third-order valence-electron chi connectivity index (χ3n) is 4.73. The Morgan fingerprint density at radius 3 is 2.90 bits per heavy atom. The number of pyridine rings is 2. The summed E-state index contributed by atoms with van der Waals surface area (Å²) in [6, 6.07) is 5.92. The number of aryl methyl sites for hydroxylation is 1. The van der Waals surface area contributed by atoms with E-state index in [-0.39, 0.29) is 5.92 Å². The highest BCUT2D eigenvalue weighted by Crippen LogP contribution is 2.35. The van der Waals surface area contributed by atoms with Crippen LogP contribution < -0.4 is 10.1 Å². The van der Waals surface area contributed by atoms with Crippen molar-refractivity contribution >= 4 is 16.7 Å². The first-order chi connectivity index (χ1) is 14.1. The Morgan fingerprint density at radius 1 is 1.31 bits per heavy atom. The van der Waals surface area contributed by atoms with E-state index >= 15 is 0 Å². The van der Waals surface area contributed by atoms with Crippen LogP contribution in [0, 0.1) is 0 Å². The number of fused-ring (bicyclic) bond motifs is 1. The van der Waals surface area contributed by atoms with E-state index in [0.717, 1.165) is 39.2 Å². The first-order valence-electron chi connectivity index (χ1n) is 9.75. The number of aromatic nitrogens is 6. The zero-order chi connectivity index (χ0) is 20.4. The molecule has 0 aliphatic rings. The van der Waals surface area contributed by atoms with E-state index in [4.69, 9.17) is 14.8 Å². The molecule has 0 aromatic carbocycles. The summed E-state index contributed by atoms with van der Waals surface area (Å²) in [5.41, 5.74) is 5.55. The van der Waals surface area contributed by atoms with Crippen LogP contribution in [0.1, 0.15) is 37.9 Å². The van der Waals surface area contributed by atoms with Gasteiger partial charge < -0.3 is 10.1 Å². The predicted octanol–water partition coefficient (Wildman–Crippen LogP) is 3.89. The van der Waals surface area contributed by atoms with Crippen molar-refractivity contribution in [1.82, 2.24) is 29.9 Å². The average molecular weight is 391 g/mol. The second-order valence-electron chi connectivity index (χ2n) is 7.17. The highest BCUT2D eigenvalue weighted by Gasteiger charge is 2.20. The van der Waals surface area contributed by atoms with E-state index in [9.17, 15) is 0 Å². The van der Waals surface area contributed by atoms with Crippen molar-refractivity contribution in [2.24, 2.45) is 7.05 Å². The molecule has 0 fully saturated rings. The maximum Gasteiger partial charge on any atom is 0.222 e. The number of H-pyrrole nitrogens is 1. The quantitative estimate of drug-likeness (QED) is 0.496. The highest BCUT2D eigenvalue weighted by molar-refractivity contribution is 5.94. The molecule has 0 aliphatic heterocycles. The fourth-order valence-corrected chi connectivity index (χ4v) is 3.37. The van der Waals surface area contributed by atoms with Gasteiger partial charge in [0.05, 0.1) is 35.1 Å². The third-order valence-corrected chi connectivity index (χ3v) is 4.73. The summed E-state index contributed by atoms with van der Waals surface area (Å²) in [6.07, 6.45) is 5.42. The van der Waals surface area contributed by atoms with Crippen LogP contribution in [0.3, 0.4) is 0 Å². The Labute approximate surface area is 169 Å². The van der Waals surface area contributed by atoms with Gasteiger partial charge in [0.2, 0.25) is 5.88 Å². The third kappa shape index (κ3) is 3.65. The predicted molar refractivity (Wildman–Crippen MR) is 113 cm³/mol. The minimum absolute atomic E-state index is 0.276. The van der Waals surface area contributed by atoms with E-state index in [0.29, 0.717) is 19.0 Å². The van der Waals surface area contributed by atoms with Gasteiger partial charge in [0.15, 0.2) is 5.65 Å². The van der Waals surface area contributed by atoms with Crippen molar-refractivity contribution in [1.29, 1.82) is 0 Å². The molecule has 0 radical (unpaired) electrons. The number of anilines is 1. The van der Waals surface area contributed by atoms with Gasteiger partial charge in [0.1, 0.15) is 0 Å². The summed E-state index contributed by atoms with van der Waals surface area (Å²) >= 11 is 0. The summed E-state index contributed by atoms with van der Waals surface area (Å²) < 4.78 is 7.57. The number of aromatic amines is 1. The van der Waals surface area contributed by atoms with Crippen LogP contribution in [-0.4, -0.2) is 36.6 Å². The lowest BCUT2D eigenvalue weighted by molar-refractivity contribution is 0.328. The van der Waals surface area contributed by atoms with Crippen LogP contribution in [0.15, 0.2) is 36.8 Å². The lowest BCUT2D eigenvalue weighted by Gasteiger charge is -2.13. The van der Waals surface area contributed by atoms with Crippen molar-refractivity contribution in [3.05, 3.63) is 48.0 Å². The van der Waals surface area contributed by atoms with Crippen molar-refractivity contribution in [3.63, 3.8) is 0 Å². The van der Waals surface area contributed by atoms with Crippen LogP contribution in [0.5, 0.6) is 5.88 Å². The smallest absolute Gasteiger partial charge is 0.222 e. The van der Waals surface area contributed by atoms with Gasteiger partial charge in [-0.1, -0.05) is 13.8 Å². The average Bonchev–Trinajstić information content (AvgIpc) is 3.35.